The molecule has 1 aromatic carbocycles. The Bertz CT molecular complexity index is 840. The largest absolute Gasteiger partial charge is 0.454 e. The fraction of sp³-hybridized carbons (Fsp3) is 0.650. The molecule has 3 aliphatic rings. The molecule has 0 aromatic heterocycles. The fourth-order valence-electron chi connectivity index (χ4n) is 4.65. The third-order valence-electron chi connectivity index (χ3n) is 6.33. The summed E-state index contributed by atoms with van der Waals surface area (Å²) in [5, 5.41) is 3.24. The van der Waals surface area contributed by atoms with E-state index in [-0.39, 0.29) is 18.7 Å². The summed E-state index contributed by atoms with van der Waals surface area (Å²) in [6.07, 6.45) is 7.37. The number of carbonyl (C=O) groups is 1. The van der Waals surface area contributed by atoms with Crippen molar-refractivity contribution in [3.63, 3.8) is 0 Å². The first-order valence-corrected chi connectivity index (χ1v) is 11.9. The molecular weight excluding hydrogens is 380 g/mol. The second-order valence-corrected chi connectivity index (χ2v) is 10.1. The summed E-state index contributed by atoms with van der Waals surface area (Å²) in [5.41, 5.74) is 0.440. The number of piperidine rings is 1. The van der Waals surface area contributed by atoms with Crippen LogP contribution >= 0.6 is 0 Å². The number of hydrogen-bond donors (Lipinski definition) is 1. The number of nitrogens with zero attached hydrogens (tertiary/aromatic N) is 1. The van der Waals surface area contributed by atoms with Crippen molar-refractivity contribution >= 4 is 15.9 Å². The van der Waals surface area contributed by atoms with Crippen LogP contribution in [0.2, 0.25) is 0 Å². The summed E-state index contributed by atoms with van der Waals surface area (Å²) in [4.78, 5) is 13.5. The third-order valence-corrected chi connectivity index (χ3v) is 7.63. The third kappa shape index (κ3) is 3.72. The Balaban J connectivity index is 1.51. The second kappa shape index (κ2) is 7.55. The molecule has 2 aliphatic heterocycles. The first kappa shape index (κ1) is 19.5. The summed E-state index contributed by atoms with van der Waals surface area (Å²) in [7, 11) is -3.16. The average molecular weight is 409 g/mol. The fourth-order valence-corrected chi connectivity index (χ4v) is 5.53. The lowest BCUT2D eigenvalue weighted by molar-refractivity contribution is -0.129. The van der Waals surface area contributed by atoms with Gasteiger partial charge in [0.1, 0.15) is 0 Å². The molecule has 7 nitrogen and oxygen atoms in total. The molecule has 154 valence electrons. The number of fused-ring (bicyclic) bond motifs is 1. The van der Waals surface area contributed by atoms with Crippen LogP contribution in [0.15, 0.2) is 18.2 Å². The number of ether oxygens (including phenoxy) is 2. The van der Waals surface area contributed by atoms with Crippen molar-refractivity contribution in [3.8, 4) is 11.5 Å². The van der Waals surface area contributed by atoms with Gasteiger partial charge in [0, 0.05) is 19.1 Å². The highest BCUT2D eigenvalue weighted by molar-refractivity contribution is 7.88. The number of hydrogen-bond acceptors (Lipinski definition) is 5. The Morgan fingerprint density at radius 3 is 2.46 bits per heavy atom. The van der Waals surface area contributed by atoms with Crippen molar-refractivity contribution in [2.45, 2.75) is 56.4 Å². The van der Waals surface area contributed by atoms with E-state index in [2.05, 4.69) is 5.32 Å². The van der Waals surface area contributed by atoms with Gasteiger partial charge < -0.3 is 14.8 Å². The van der Waals surface area contributed by atoms with E-state index in [4.69, 9.17) is 9.47 Å². The molecule has 0 bridgehead atoms. The van der Waals surface area contributed by atoms with Crippen LogP contribution in [0.5, 0.6) is 11.5 Å². The number of nitrogens with one attached hydrogen (secondary N) is 1. The molecule has 0 spiro atoms. The number of sulfonamides is 1. The van der Waals surface area contributed by atoms with Crippen molar-refractivity contribution in [1.82, 2.24) is 9.62 Å². The molecule has 1 aliphatic carbocycles. The van der Waals surface area contributed by atoms with Crippen LogP contribution in [0.4, 0.5) is 0 Å². The first-order valence-electron chi connectivity index (χ1n) is 10.0. The van der Waals surface area contributed by atoms with Crippen molar-refractivity contribution in [2.24, 2.45) is 0 Å². The second-order valence-electron chi connectivity index (χ2n) is 8.12. The quantitative estimate of drug-likeness (QED) is 0.825. The molecule has 1 saturated heterocycles. The Kier molecular flexibility index (Phi) is 5.26. The zero-order chi connectivity index (χ0) is 19.8. The summed E-state index contributed by atoms with van der Waals surface area (Å²) >= 11 is 0. The summed E-state index contributed by atoms with van der Waals surface area (Å²) in [6, 6.07) is 5.86. The van der Waals surface area contributed by atoms with Gasteiger partial charge in [-0.05, 0) is 43.4 Å². The summed E-state index contributed by atoms with van der Waals surface area (Å²) in [6.45, 7) is 1.14. The maximum absolute atomic E-state index is 13.5. The summed E-state index contributed by atoms with van der Waals surface area (Å²) < 4.78 is 35.9. The van der Waals surface area contributed by atoms with Crippen LogP contribution in [-0.2, 0) is 20.2 Å². The van der Waals surface area contributed by atoms with E-state index in [0.29, 0.717) is 31.7 Å². The van der Waals surface area contributed by atoms with Gasteiger partial charge in [-0.3, -0.25) is 4.79 Å². The molecule has 28 heavy (non-hydrogen) atoms. The van der Waals surface area contributed by atoms with E-state index in [9.17, 15) is 13.2 Å². The molecule has 0 atom stereocenters. The molecule has 2 heterocycles. The minimum Gasteiger partial charge on any atom is -0.454 e. The maximum Gasteiger partial charge on any atom is 0.231 e. The van der Waals surface area contributed by atoms with Crippen LogP contribution in [0.1, 0.15) is 50.5 Å². The Hall–Kier alpha value is -1.80. The van der Waals surface area contributed by atoms with E-state index >= 15 is 0 Å². The highest BCUT2D eigenvalue weighted by Gasteiger charge is 2.43. The van der Waals surface area contributed by atoms with Crippen molar-refractivity contribution in [1.29, 1.82) is 0 Å². The van der Waals surface area contributed by atoms with Gasteiger partial charge in [0.25, 0.3) is 0 Å². The standard InChI is InChI=1S/C20H28N2O5S/c1-28(24,25)22-11-7-16(8-12-22)21-19(23)20(9-3-2-4-10-20)15-5-6-17-18(13-15)27-14-26-17/h5-6,13,16H,2-4,7-12,14H2,1H3,(H,21,23). The van der Waals surface area contributed by atoms with Crippen molar-refractivity contribution in [3.05, 3.63) is 23.8 Å². The van der Waals surface area contributed by atoms with Gasteiger partial charge in [-0.25, -0.2) is 12.7 Å². The van der Waals surface area contributed by atoms with E-state index < -0.39 is 15.4 Å². The van der Waals surface area contributed by atoms with Gasteiger partial charge in [0.15, 0.2) is 11.5 Å². The van der Waals surface area contributed by atoms with Gasteiger partial charge in [0.2, 0.25) is 22.7 Å². The van der Waals surface area contributed by atoms with Crippen molar-refractivity contribution < 1.29 is 22.7 Å². The van der Waals surface area contributed by atoms with Gasteiger partial charge in [-0.1, -0.05) is 25.3 Å². The van der Waals surface area contributed by atoms with Crippen LogP contribution < -0.4 is 14.8 Å². The number of benzene rings is 1. The molecule has 0 unspecified atom stereocenters. The monoisotopic (exact) mass is 408 g/mol. The van der Waals surface area contributed by atoms with Crippen LogP contribution in [0.25, 0.3) is 0 Å². The first-order chi connectivity index (χ1) is 13.4. The maximum atomic E-state index is 13.5. The lowest BCUT2D eigenvalue weighted by Gasteiger charge is -2.39. The molecule has 1 saturated carbocycles. The molecule has 0 radical (unpaired) electrons. The predicted octanol–water partition coefficient (Wildman–Crippen LogP) is 2.16. The average Bonchev–Trinajstić information content (AvgIpc) is 3.16. The van der Waals surface area contributed by atoms with E-state index in [1.54, 1.807) is 0 Å². The SMILES string of the molecule is CS(=O)(=O)N1CCC(NC(=O)C2(c3ccc4c(c3)OCO4)CCCCC2)CC1. The minimum absolute atomic E-state index is 0.0123. The molecule has 1 N–H and O–H groups in total. The smallest absolute Gasteiger partial charge is 0.231 e. The van der Waals surface area contributed by atoms with E-state index in [1.807, 2.05) is 18.2 Å². The molecule has 2 fully saturated rings. The number of amides is 1. The molecular formula is C20H28N2O5S. The Morgan fingerprint density at radius 1 is 1.11 bits per heavy atom. The zero-order valence-electron chi connectivity index (χ0n) is 16.3. The van der Waals surface area contributed by atoms with Crippen LogP contribution in [0.3, 0.4) is 0 Å². The zero-order valence-corrected chi connectivity index (χ0v) is 17.1. The van der Waals surface area contributed by atoms with Crippen LogP contribution in [0, 0.1) is 0 Å². The Morgan fingerprint density at radius 2 is 1.79 bits per heavy atom. The molecule has 4 rings (SSSR count). The number of carbonyl (C=O) groups excluding carboxylic acids is 1. The minimum atomic E-state index is -3.16. The summed E-state index contributed by atoms with van der Waals surface area (Å²) in [5.74, 6) is 1.49. The van der Waals surface area contributed by atoms with Crippen LogP contribution in [-0.4, -0.2) is 50.8 Å². The topological polar surface area (TPSA) is 84.9 Å². The van der Waals surface area contributed by atoms with Gasteiger partial charge in [0.05, 0.1) is 11.7 Å². The predicted molar refractivity (Wildman–Crippen MR) is 105 cm³/mol. The lowest BCUT2D eigenvalue weighted by Crippen LogP contribution is -2.52. The molecule has 1 amide bonds. The Labute approximate surface area is 166 Å². The van der Waals surface area contributed by atoms with Crippen molar-refractivity contribution in [2.75, 3.05) is 26.1 Å². The van der Waals surface area contributed by atoms with E-state index in [0.717, 1.165) is 43.4 Å². The van der Waals surface area contributed by atoms with Gasteiger partial charge in [-0.15, -0.1) is 0 Å². The van der Waals surface area contributed by atoms with Gasteiger partial charge >= 0.3 is 0 Å². The molecule has 8 heteroatoms. The number of rotatable bonds is 4. The highest BCUT2D eigenvalue weighted by atomic mass is 32.2. The lowest BCUT2D eigenvalue weighted by atomic mass is 9.68. The normalized spacial score (nSPS) is 22.8. The highest BCUT2D eigenvalue weighted by Crippen LogP contribution is 2.43. The van der Waals surface area contributed by atoms with Gasteiger partial charge in [-0.2, -0.15) is 0 Å². The van der Waals surface area contributed by atoms with E-state index in [1.165, 1.54) is 10.6 Å². The molecule has 1 aromatic rings.